The highest BCUT2D eigenvalue weighted by Gasteiger charge is 2.20. The quantitative estimate of drug-likeness (QED) is 0.249. The molecule has 8 heteroatoms. The van der Waals surface area contributed by atoms with E-state index in [0.717, 1.165) is 6.26 Å². The van der Waals surface area contributed by atoms with Crippen LogP contribution in [-0.4, -0.2) is 45.8 Å². The van der Waals surface area contributed by atoms with Crippen molar-refractivity contribution in [3.05, 3.63) is 43.2 Å². The summed E-state index contributed by atoms with van der Waals surface area (Å²) in [7, 11) is -1.85. The first kappa shape index (κ1) is 19.3. The summed E-state index contributed by atoms with van der Waals surface area (Å²) < 4.78 is 36.4. The third-order valence-electron chi connectivity index (χ3n) is 2.40. The summed E-state index contributed by atoms with van der Waals surface area (Å²) in [4.78, 5) is 10.8. The van der Waals surface area contributed by atoms with Crippen LogP contribution < -0.4 is 5.30 Å². The first-order valence-electron chi connectivity index (χ1n) is 6.99. The number of ether oxygens (including phenoxy) is 4. The molecule has 0 aliphatic heterocycles. The van der Waals surface area contributed by atoms with Gasteiger partial charge in [-0.1, -0.05) is 24.8 Å². The molecule has 0 N–H and O–H groups in total. The molecule has 7 nitrogen and oxygen atoms in total. The normalized spacial score (nSPS) is 10.9. The molecule has 0 heterocycles. The monoisotopic (exact) mass is 343 g/mol. The molecule has 0 saturated heterocycles. The number of rotatable bonds is 12. The van der Waals surface area contributed by atoms with E-state index in [-0.39, 0.29) is 19.8 Å². The van der Waals surface area contributed by atoms with Gasteiger partial charge < -0.3 is 18.9 Å². The minimum Gasteiger partial charge on any atom is -0.432 e. The second kappa shape index (κ2) is 12.7. The van der Waals surface area contributed by atoms with Crippen LogP contribution in [0.15, 0.2) is 43.2 Å². The highest BCUT2D eigenvalue weighted by atomic mass is 31.1. The van der Waals surface area contributed by atoms with E-state index in [4.69, 9.17) is 14.0 Å². The van der Waals surface area contributed by atoms with Crippen molar-refractivity contribution in [1.82, 2.24) is 0 Å². The number of carbonyl (C=O) groups excluding carboxylic acids is 1. The van der Waals surface area contributed by atoms with Crippen LogP contribution in [-0.2, 0) is 28.0 Å². The van der Waals surface area contributed by atoms with Gasteiger partial charge in [-0.05, 0) is 16.7 Å². The van der Waals surface area contributed by atoms with Gasteiger partial charge in [-0.25, -0.2) is 4.79 Å². The van der Waals surface area contributed by atoms with Gasteiger partial charge in [-0.3, -0.25) is 0 Å². The van der Waals surface area contributed by atoms with Crippen molar-refractivity contribution in [3.8, 4) is 0 Å². The maximum atomic E-state index is 11.7. The minimum absolute atomic E-state index is 0.0906. The minimum atomic E-state index is -1.85. The van der Waals surface area contributed by atoms with Crippen LogP contribution in [0.25, 0.3) is 0 Å². The highest BCUT2D eigenvalue weighted by molar-refractivity contribution is 7.48. The van der Waals surface area contributed by atoms with Gasteiger partial charge in [0, 0.05) is 0 Å². The molecule has 0 bridgehead atoms. The van der Waals surface area contributed by atoms with E-state index in [0.29, 0.717) is 25.1 Å². The molecule has 1 atom stereocenters. The molecule has 0 fully saturated rings. The Morgan fingerprint density at radius 1 is 1.00 bits per heavy atom. The zero-order chi connectivity index (χ0) is 16.8. The number of benzene rings is 1. The molecule has 1 rings (SSSR count). The Labute approximate surface area is 136 Å². The summed E-state index contributed by atoms with van der Waals surface area (Å²) in [5.41, 5.74) is 0. The van der Waals surface area contributed by atoms with Gasteiger partial charge in [0.15, 0.2) is 0 Å². The fourth-order valence-corrected chi connectivity index (χ4v) is 2.22. The smallest absolute Gasteiger partial charge is 0.432 e. The van der Waals surface area contributed by atoms with E-state index in [1.807, 2.05) is 6.07 Å². The molecule has 0 aliphatic rings. The van der Waals surface area contributed by atoms with Gasteiger partial charge >= 0.3 is 14.2 Å². The Bertz CT molecular complexity index is 478. The zero-order valence-corrected chi connectivity index (χ0v) is 13.6. The Morgan fingerprint density at radius 3 is 2.26 bits per heavy atom. The largest absolute Gasteiger partial charge is 0.548 e. The lowest BCUT2D eigenvalue weighted by atomic mass is 10.4. The van der Waals surface area contributed by atoms with Gasteiger partial charge in [0.2, 0.25) is 5.30 Å². The predicted octanol–water partition coefficient (Wildman–Crippen LogP) is 2.40. The second-order valence-corrected chi connectivity index (χ2v) is 5.32. The molecular formula is C15H20O7P+. The molecule has 126 valence electrons. The molecule has 1 aromatic carbocycles. The number of hydrogen-bond acceptors (Lipinski definition) is 7. The Balaban J connectivity index is 1.89. The summed E-state index contributed by atoms with van der Waals surface area (Å²) in [6.07, 6.45) is 0.176. The molecule has 1 aromatic rings. The average Bonchev–Trinajstić information content (AvgIpc) is 2.57. The second-order valence-electron chi connectivity index (χ2n) is 4.03. The maximum absolute atomic E-state index is 11.7. The maximum Gasteiger partial charge on any atom is 0.548 e. The van der Waals surface area contributed by atoms with Crippen molar-refractivity contribution in [2.45, 2.75) is 0 Å². The highest BCUT2D eigenvalue weighted by Crippen LogP contribution is 2.20. The molecule has 0 aromatic heterocycles. The third-order valence-corrected chi connectivity index (χ3v) is 3.54. The average molecular weight is 343 g/mol. The fourth-order valence-electron chi connectivity index (χ4n) is 1.41. The summed E-state index contributed by atoms with van der Waals surface area (Å²) in [5.74, 6) is 0. The van der Waals surface area contributed by atoms with Crippen molar-refractivity contribution in [2.24, 2.45) is 0 Å². The van der Waals surface area contributed by atoms with Crippen LogP contribution in [0.3, 0.4) is 0 Å². The Hall–Kier alpha value is -1.79. The molecule has 23 heavy (non-hydrogen) atoms. The first-order chi connectivity index (χ1) is 11.2. The standard InChI is InChI=1S/C15H20O7P/c1-2-20-15(16)21-12-10-18-8-9-19-11-13-22-23(17)14-6-4-3-5-7-14/h2-7H,1,8-13H2/q+1. The number of carbonyl (C=O) groups is 1. The van der Waals surface area contributed by atoms with Crippen molar-refractivity contribution in [1.29, 1.82) is 0 Å². The predicted molar refractivity (Wildman–Crippen MR) is 83.9 cm³/mol. The lowest BCUT2D eigenvalue weighted by Gasteiger charge is -2.05. The third kappa shape index (κ3) is 9.76. The summed E-state index contributed by atoms with van der Waals surface area (Å²) in [6.45, 7) is 4.83. The van der Waals surface area contributed by atoms with Crippen LogP contribution in [0, 0.1) is 0 Å². The van der Waals surface area contributed by atoms with Crippen molar-refractivity contribution < 1.29 is 32.8 Å². The van der Waals surface area contributed by atoms with E-state index in [9.17, 15) is 9.36 Å². The van der Waals surface area contributed by atoms with Crippen molar-refractivity contribution >= 4 is 19.5 Å². The SMILES string of the molecule is C=COC(=O)OCCOCCOCCO[P+](=O)c1ccccc1. The van der Waals surface area contributed by atoms with E-state index in [1.54, 1.807) is 24.3 Å². The van der Waals surface area contributed by atoms with Crippen molar-refractivity contribution in [2.75, 3.05) is 39.6 Å². The van der Waals surface area contributed by atoms with Crippen LogP contribution >= 0.6 is 8.03 Å². The van der Waals surface area contributed by atoms with E-state index in [2.05, 4.69) is 16.1 Å². The van der Waals surface area contributed by atoms with E-state index in [1.165, 1.54) is 0 Å². The summed E-state index contributed by atoms with van der Waals surface area (Å²) >= 11 is 0. The lowest BCUT2D eigenvalue weighted by molar-refractivity contribution is 0.0129. The van der Waals surface area contributed by atoms with Crippen LogP contribution in [0.5, 0.6) is 0 Å². The van der Waals surface area contributed by atoms with Crippen LogP contribution in [0.1, 0.15) is 0 Å². The van der Waals surface area contributed by atoms with Crippen molar-refractivity contribution in [3.63, 3.8) is 0 Å². The molecule has 0 saturated carbocycles. The first-order valence-corrected chi connectivity index (χ1v) is 8.17. The van der Waals surface area contributed by atoms with Gasteiger partial charge in [0.25, 0.3) is 0 Å². The molecule has 0 radical (unpaired) electrons. The molecule has 0 spiro atoms. The lowest BCUT2D eigenvalue weighted by Crippen LogP contribution is -2.13. The van der Waals surface area contributed by atoms with Crippen LogP contribution in [0.2, 0.25) is 0 Å². The number of hydrogen-bond donors (Lipinski definition) is 0. The fraction of sp³-hybridized carbons (Fsp3) is 0.400. The Morgan fingerprint density at radius 2 is 1.61 bits per heavy atom. The van der Waals surface area contributed by atoms with Crippen LogP contribution in [0.4, 0.5) is 4.79 Å². The summed E-state index contributed by atoms with van der Waals surface area (Å²) in [6, 6.07) is 8.96. The topological polar surface area (TPSA) is 80.3 Å². The molecular weight excluding hydrogens is 323 g/mol. The molecule has 0 amide bonds. The summed E-state index contributed by atoms with van der Waals surface area (Å²) in [5, 5.41) is 0.654. The van der Waals surface area contributed by atoms with Gasteiger partial charge in [-0.15, -0.1) is 4.52 Å². The van der Waals surface area contributed by atoms with Gasteiger partial charge in [0.1, 0.15) is 13.2 Å². The zero-order valence-electron chi connectivity index (χ0n) is 12.7. The molecule has 1 unspecified atom stereocenters. The Kier molecular flexibility index (Phi) is 10.7. The van der Waals surface area contributed by atoms with E-state index < -0.39 is 14.2 Å². The van der Waals surface area contributed by atoms with Gasteiger partial charge in [0.05, 0.1) is 32.7 Å². The molecule has 0 aliphatic carbocycles. The van der Waals surface area contributed by atoms with Gasteiger partial charge in [-0.2, -0.15) is 0 Å². The van der Waals surface area contributed by atoms with E-state index >= 15 is 0 Å².